The predicted octanol–water partition coefficient (Wildman–Crippen LogP) is 5.77. The van der Waals surface area contributed by atoms with Crippen molar-refractivity contribution in [3.8, 4) is 16.9 Å². The fraction of sp³-hybridized carbons (Fsp3) is 0.133. The number of nitrogens with zero attached hydrogens (tertiary/aromatic N) is 3. The van der Waals surface area contributed by atoms with Gasteiger partial charge in [0.05, 0.1) is 22.7 Å². The van der Waals surface area contributed by atoms with Crippen LogP contribution in [0.3, 0.4) is 0 Å². The summed E-state index contributed by atoms with van der Waals surface area (Å²) in [5.41, 5.74) is 0.440. The average Bonchev–Trinajstić information content (AvgIpc) is 3.38. The fourth-order valence-corrected chi connectivity index (χ4v) is 4.59. The minimum absolute atomic E-state index is 0.101. The number of fused-ring (bicyclic) bond motifs is 1. The Kier molecular flexibility index (Phi) is 7.19. The van der Waals surface area contributed by atoms with Crippen LogP contribution in [0, 0.1) is 0 Å². The van der Waals surface area contributed by atoms with Crippen LogP contribution >= 0.6 is 0 Å². The number of benzene rings is 3. The normalized spacial score (nSPS) is 12.3. The van der Waals surface area contributed by atoms with Crippen LogP contribution in [0.2, 0.25) is 0 Å². The van der Waals surface area contributed by atoms with Crippen LogP contribution in [0.15, 0.2) is 85.2 Å². The number of amides is 1. The van der Waals surface area contributed by atoms with E-state index < -0.39 is 29.7 Å². The molecule has 41 heavy (non-hydrogen) atoms. The first-order valence-electron chi connectivity index (χ1n) is 12.4. The van der Waals surface area contributed by atoms with Crippen molar-refractivity contribution < 1.29 is 33.0 Å². The van der Waals surface area contributed by atoms with E-state index in [4.69, 9.17) is 0 Å². The van der Waals surface area contributed by atoms with Crippen molar-refractivity contribution in [1.82, 2.24) is 19.9 Å². The number of hydrogen-bond acceptors (Lipinski definition) is 5. The molecule has 11 heteroatoms. The number of imidazole rings is 1. The number of hydrogen-bond donors (Lipinski definition) is 3. The molecule has 2 aromatic heterocycles. The summed E-state index contributed by atoms with van der Waals surface area (Å²) in [5, 5.41) is 22.6. The number of aromatic nitrogens is 3. The van der Waals surface area contributed by atoms with Crippen molar-refractivity contribution in [3.63, 3.8) is 0 Å². The highest BCUT2D eigenvalue weighted by molar-refractivity contribution is 6.06. The van der Waals surface area contributed by atoms with Crippen LogP contribution in [0.1, 0.15) is 43.8 Å². The second-order valence-electron chi connectivity index (χ2n) is 9.46. The Hall–Kier alpha value is -5.19. The summed E-state index contributed by atoms with van der Waals surface area (Å²) in [6.07, 6.45) is -0.886. The first kappa shape index (κ1) is 27.4. The molecule has 0 unspecified atom stereocenters. The number of carboxylic acid groups (broad SMARTS) is 1. The number of aromatic carboxylic acids is 1. The number of aryl methyl sites for hydroxylation is 1. The van der Waals surface area contributed by atoms with E-state index in [0.29, 0.717) is 17.8 Å². The van der Waals surface area contributed by atoms with E-state index in [1.807, 2.05) is 0 Å². The molecule has 0 fully saturated rings. The molecular formula is C30H23F3N4O4. The van der Waals surface area contributed by atoms with E-state index in [1.165, 1.54) is 42.5 Å². The van der Waals surface area contributed by atoms with Gasteiger partial charge in [-0.2, -0.15) is 13.2 Å². The van der Waals surface area contributed by atoms with Crippen molar-refractivity contribution in [2.75, 3.05) is 0 Å². The van der Waals surface area contributed by atoms with Crippen LogP contribution < -0.4 is 5.32 Å². The standard InChI is InChI=1S/C30H23F3N4O4/c1-37-12-11-34-27(37)25(13-17-5-8-21(38)9-6-17)36-28(39)26-16-23(29(40)41)22-15-19(7-10-24(22)35-26)18-3-2-4-20(14-18)30(31,32)33/h2-12,14-16,25,38H,13H2,1H3,(H,36,39)(H,40,41)/t25-/m0/s1. The van der Waals surface area contributed by atoms with Gasteiger partial charge in [-0.1, -0.05) is 30.3 Å². The van der Waals surface area contributed by atoms with Crippen molar-refractivity contribution in [1.29, 1.82) is 0 Å². The van der Waals surface area contributed by atoms with Gasteiger partial charge in [0.1, 0.15) is 17.3 Å². The number of carbonyl (C=O) groups excluding carboxylic acids is 1. The molecule has 0 saturated carbocycles. The molecular weight excluding hydrogens is 537 g/mol. The zero-order valence-corrected chi connectivity index (χ0v) is 21.6. The number of aromatic hydroxyl groups is 1. The minimum Gasteiger partial charge on any atom is -0.508 e. The SMILES string of the molecule is Cn1ccnc1[C@H](Cc1ccc(O)cc1)NC(=O)c1cc(C(=O)O)c2cc(-c3cccc(C(F)(F)F)c3)ccc2n1. The van der Waals surface area contributed by atoms with Gasteiger partial charge in [0.2, 0.25) is 0 Å². The third kappa shape index (κ3) is 5.88. The van der Waals surface area contributed by atoms with Crippen LogP contribution in [0.4, 0.5) is 13.2 Å². The first-order valence-corrected chi connectivity index (χ1v) is 12.4. The summed E-state index contributed by atoms with van der Waals surface area (Å²) >= 11 is 0. The molecule has 1 atom stereocenters. The van der Waals surface area contributed by atoms with Gasteiger partial charge in [-0.25, -0.2) is 14.8 Å². The lowest BCUT2D eigenvalue weighted by Crippen LogP contribution is -2.32. The molecule has 0 bridgehead atoms. The summed E-state index contributed by atoms with van der Waals surface area (Å²) in [6.45, 7) is 0. The molecule has 0 saturated heterocycles. The zero-order valence-electron chi connectivity index (χ0n) is 21.6. The predicted molar refractivity (Wildman–Crippen MR) is 144 cm³/mol. The minimum atomic E-state index is -4.53. The highest BCUT2D eigenvalue weighted by atomic mass is 19.4. The number of alkyl halides is 3. The third-order valence-corrected chi connectivity index (χ3v) is 6.65. The van der Waals surface area contributed by atoms with Gasteiger partial charge in [-0.3, -0.25) is 4.79 Å². The number of phenolic OH excluding ortho intramolecular Hbond substituents is 1. The van der Waals surface area contributed by atoms with E-state index in [1.54, 1.807) is 36.1 Å². The molecule has 2 heterocycles. The first-order chi connectivity index (χ1) is 19.5. The maximum atomic E-state index is 13.4. The van der Waals surface area contributed by atoms with Crippen molar-refractivity contribution >= 4 is 22.8 Å². The highest BCUT2D eigenvalue weighted by Crippen LogP contribution is 2.33. The second kappa shape index (κ2) is 10.8. The smallest absolute Gasteiger partial charge is 0.416 e. The number of rotatable bonds is 7. The lowest BCUT2D eigenvalue weighted by Gasteiger charge is -2.19. The largest absolute Gasteiger partial charge is 0.508 e. The summed E-state index contributed by atoms with van der Waals surface area (Å²) in [5.74, 6) is -1.30. The molecule has 208 valence electrons. The summed E-state index contributed by atoms with van der Waals surface area (Å²) in [7, 11) is 1.77. The van der Waals surface area contributed by atoms with Gasteiger partial charge in [-0.15, -0.1) is 0 Å². The zero-order chi connectivity index (χ0) is 29.3. The molecule has 5 aromatic rings. The van der Waals surface area contributed by atoms with E-state index in [9.17, 15) is 33.0 Å². The highest BCUT2D eigenvalue weighted by Gasteiger charge is 2.30. The van der Waals surface area contributed by atoms with E-state index in [2.05, 4.69) is 15.3 Å². The molecule has 1 amide bonds. The van der Waals surface area contributed by atoms with Gasteiger partial charge in [0.25, 0.3) is 5.91 Å². The molecule has 3 N–H and O–H groups in total. The van der Waals surface area contributed by atoms with Crippen LogP contribution in [0.25, 0.3) is 22.0 Å². The number of phenols is 1. The number of nitrogens with one attached hydrogen (secondary N) is 1. The molecule has 5 rings (SSSR count). The molecule has 0 radical (unpaired) electrons. The Balaban J connectivity index is 1.50. The summed E-state index contributed by atoms with van der Waals surface area (Å²) < 4.78 is 41.4. The topological polar surface area (TPSA) is 117 Å². The Bertz CT molecular complexity index is 1760. The van der Waals surface area contributed by atoms with Crippen LogP contribution in [-0.4, -0.2) is 36.6 Å². The number of carboxylic acids is 1. The Morgan fingerprint density at radius 1 is 1.00 bits per heavy atom. The number of pyridine rings is 1. The van der Waals surface area contributed by atoms with Crippen molar-refractivity contribution in [2.24, 2.45) is 7.05 Å². The van der Waals surface area contributed by atoms with Crippen LogP contribution in [0.5, 0.6) is 5.75 Å². The van der Waals surface area contributed by atoms with Crippen molar-refractivity contribution in [3.05, 3.63) is 113 Å². The molecule has 0 spiro atoms. The third-order valence-electron chi connectivity index (χ3n) is 6.65. The maximum absolute atomic E-state index is 13.4. The van der Waals surface area contributed by atoms with Gasteiger partial charge in [-0.05, 0) is 65.6 Å². The molecule has 0 aliphatic heterocycles. The lowest BCUT2D eigenvalue weighted by molar-refractivity contribution is -0.137. The average molecular weight is 561 g/mol. The fourth-order valence-electron chi connectivity index (χ4n) is 4.59. The lowest BCUT2D eigenvalue weighted by atomic mass is 9.98. The van der Waals surface area contributed by atoms with Crippen LogP contribution in [-0.2, 0) is 19.6 Å². The second-order valence-corrected chi connectivity index (χ2v) is 9.46. The monoisotopic (exact) mass is 560 g/mol. The van der Waals surface area contributed by atoms with Gasteiger partial charge < -0.3 is 20.1 Å². The van der Waals surface area contributed by atoms with Gasteiger partial charge in [0.15, 0.2) is 0 Å². The van der Waals surface area contributed by atoms with E-state index in [0.717, 1.165) is 23.8 Å². The van der Waals surface area contributed by atoms with E-state index >= 15 is 0 Å². The van der Waals surface area contributed by atoms with E-state index in [-0.39, 0.29) is 33.5 Å². The van der Waals surface area contributed by atoms with Crippen molar-refractivity contribution in [2.45, 2.75) is 18.6 Å². The molecule has 0 aliphatic carbocycles. The maximum Gasteiger partial charge on any atom is 0.416 e. The summed E-state index contributed by atoms with van der Waals surface area (Å²) in [6, 6.07) is 16.2. The molecule has 3 aromatic carbocycles. The number of halogens is 3. The Morgan fingerprint density at radius 2 is 1.73 bits per heavy atom. The number of carbonyl (C=O) groups is 2. The molecule has 0 aliphatic rings. The van der Waals surface area contributed by atoms with Gasteiger partial charge >= 0.3 is 12.1 Å². The Morgan fingerprint density at radius 3 is 2.39 bits per heavy atom. The Labute approximate surface area is 231 Å². The van der Waals surface area contributed by atoms with Gasteiger partial charge in [0, 0.05) is 24.8 Å². The summed E-state index contributed by atoms with van der Waals surface area (Å²) in [4.78, 5) is 34.3. The molecule has 8 nitrogen and oxygen atoms in total. The quantitative estimate of drug-likeness (QED) is 0.233.